The highest BCUT2D eigenvalue weighted by atomic mass is 16.5. The number of ether oxygens (including phenoxy) is 2. The lowest BCUT2D eigenvalue weighted by atomic mass is 10.1. The minimum Gasteiger partial charge on any atom is -0.388 e. The van der Waals surface area contributed by atoms with Crippen LogP contribution in [0, 0.1) is 5.92 Å². The van der Waals surface area contributed by atoms with Crippen LogP contribution in [0.15, 0.2) is 30.7 Å². The summed E-state index contributed by atoms with van der Waals surface area (Å²) in [5.41, 5.74) is 0.214. The first kappa shape index (κ1) is 26.8. The molecule has 33 heavy (non-hydrogen) atoms. The Balaban J connectivity index is 2.21. The van der Waals surface area contributed by atoms with Crippen LogP contribution in [-0.4, -0.2) is 106 Å². The molecule has 0 spiro atoms. The zero-order chi connectivity index (χ0) is 24.2. The van der Waals surface area contributed by atoms with Crippen LogP contribution in [0.25, 0.3) is 0 Å². The van der Waals surface area contributed by atoms with Crippen LogP contribution in [0.4, 0.5) is 0 Å². The lowest BCUT2D eigenvalue weighted by molar-refractivity contribution is -0.139. The van der Waals surface area contributed by atoms with Crippen LogP contribution in [0.5, 0.6) is 0 Å². The van der Waals surface area contributed by atoms with Crippen LogP contribution >= 0.6 is 0 Å². The number of aromatic nitrogens is 2. The fourth-order valence-electron chi connectivity index (χ4n) is 3.27. The molecule has 2 rings (SSSR count). The fourth-order valence-corrected chi connectivity index (χ4v) is 3.27. The molecule has 1 aliphatic rings. The second-order valence-corrected chi connectivity index (χ2v) is 8.47. The topological polar surface area (TPSA) is 125 Å². The summed E-state index contributed by atoms with van der Waals surface area (Å²) in [4.78, 5) is 36.4. The van der Waals surface area contributed by atoms with Crippen LogP contribution < -0.4 is 0 Å². The van der Waals surface area contributed by atoms with E-state index in [2.05, 4.69) is 23.8 Å². The fraction of sp³-hybridized carbons (Fsp3) is 0.652. The van der Waals surface area contributed by atoms with E-state index >= 15 is 0 Å². The van der Waals surface area contributed by atoms with Gasteiger partial charge in [-0.15, -0.1) is 0 Å². The minimum absolute atomic E-state index is 0.0780. The van der Waals surface area contributed by atoms with Crippen molar-refractivity contribution in [1.82, 2.24) is 19.8 Å². The van der Waals surface area contributed by atoms with Crippen LogP contribution in [0.2, 0.25) is 0 Å². The monoisotopic (exact) mass is 464 g/mol. The van der Waals surface area contributed by atoms with Gasteiger partial charge < -0.3 is 29.5 Å². The average Bonchev–Trinajstić information content (AvgIpc) is 2.79. The van der Waals surface area contributed by atoms with Gasteiger partial charge in [-0.25, -0.2) is 4.98 Å². The molecule has 10 heteroatoms. The third-order valence-electron chi connectivity index (χ3n) is 5.35. The SMILES string of the molecule is CC(=O)N1CCN(C(=O)c2cnccn2)C/C=C/COC[C@@H](O)[C@@H](O)[C@H](OCCC(C)C)C1. The van der Waals surface area contributed by atoms with Crippen molar-refractivity contribution in [3.63, 3.8) is 0 Å². The summed E-state index contributed by atoms with van der Waals surface area (Å²) in [6.07, 6.45) is 5.45. The first-order valence-electron chi connectivity index (χ1n) is 11.3. The maximum atomic E-state index is 12.9. The van der Waals surface area contributed by atoms with Gasteiger partial charge in [-0.05, 0) is 12.3 Å². The molecule has 0 fully saturated rings. The molecule has 1 aromatic rings. The molecule has 1 aliphatic heterocycles. The molecule has 2 heterocycles. The summed E-state index contributed by atoms with van der Waals surface area (Å²) < 4.78 is 11.3. The number of nitrogens with zero attached hydrogens (tertiary/aromatic N) is 4. The molecule has 2 N–H and O–H groups in total. The molecule has 3 atom stereocenters. The molecule has 10 nitrogen and oxygen atoms in total. The van der Waals surface area contributed by atoms with Gasteiger partial charge in [0, 0.05) is 52.1 Å². The highest BCUT2D eigenvalue weighted by Crippen LogP contribution is 2.12. The predicted octanol–water partition coefficient (Wildman–Crippen LogP) is 0.507. The number of aliphatic hydroxyl groups excluding tert-OH is 2. The highest BCUT2D eigenvalue weighted by Gasteiger charge is 2.30. The van der Waals surface area contributed by atoms with E-state index < -0.39 is 18.3 Å². The quantitative estimate of drug-likeness (QED) is 0.604. The van der Waals surface area contributed by atoms with Gasteiger partial charge in [-0.1, -0.05) is 26.0 Å². The lowest BCUT2D eigenvalue weighted by Crippen LogP contribution is -2.50. The van der Waals surface area contributed by atoms with Gasteiger partial charge in [0.2, 0.25) is 5.91 Å². The molecule has 1 aromatic heterocycles. The number of carbonyl (C=O) groups excluding carboxylic acids is 2. The summed E-state index contributed by atoms with van der Waals surface area (Å²) in [6, 6.07) is 0. The Labute approximate surface area is 195 Å². The molecule has 0 aliphatic carbocycles. The first-order chi connectivity index (χ1) is 15.8. The van der Waals surface area contributed by atoms with Gasteiger partial charge in [-0.3, -0.25) is 14.6 Å². The van der Waals surface area contributed by atoms with E-state index in [0.29, 0.717) is 19.1 Å². The molecule has 2 amide bonds. The smallest absolute Gasteiger partial charge is 0.274 e. The molecule has 184 valence electrons. The van der Waals surface area contributed by atoms with Gasteiger partial charge in [0.15, 0.2) is 0 Å². The van der Waals surface area contributed by atoms with Crippen molar-refractivity contribution in [2.75, 3.05) is 46.0 Å². The van der Waals surface area contributed by atoms with E-state index in [-0.39, 0.29) is 50.4 Å². The lowest BCUT2D eigenvalue weighted by Gasteiger charge is -2.33. The van der Waals surface area contributed by atoms with Gasteiger partial charge >= 0.3 is 0 Å². The third-order valence-corrected chi connectivity index (χ3v) is 5.35. The van der Waals surface area contributed by atoms with Crippen molar-refractivity contribution < 1.29 is 29.3 Å². The Bertz CT molecular complexity index is 761. The molecule has 0 aromatic carbocycles. The van der Waals surface area contributed by atoms with Crippen molar-refractivity contribution in [2.45, 2.75) is 45.5 Å². The number of hydrogen-bond donors (Lipinski definition) is 2. The number of aliphatic hydroxyl groups is 2. The molecule has 0 radical (unpaired) electrons. The number of carbonyl (C=O) groups is 2. The Morgan fingerprint density at radius 1 is 1.21 bits per heavy atom. The average molecular weight is 465 g/mol. The van der Waals surface area contributed by atoms with Crippen molar-refractivity contribution >= 4 is 11.8 Å². The van der Waals surface area contributed by atoms with E-state index in [1.54, 1.807) is 17.1 Å². The highest BCUT2D eigenvalue weighted by molar-refractivity contribution is 5.92. The zero-order valence-electron chi connectivity index (χ0n) is 19.7. The molecule has 0 saturated heterocycles. The third kappa shape index (κ3) is 9.17. The van der Waals surface area contributed by atoms with Crippen molar-refractivity contribution in [3.8, 4) is 0 Å². The Hall–Kier alpha value is -2.40. The Kier molecular flexibility index (Phi) is 11.4. The molecular weight excluding hydrogens is 428 g/mol. The van der Waals surface area contributed by atoms with E-state index in [0.717, 1.165) is 6.42 Å². The minimum atomic E-state index is -1.23. The van der Waals surface area contributed by atoms with E-state index in [4.69, 9.17) is 9.47 Å². The second-order valence-electron chi connectivity index (χ2n) is 8.47. The molecule has 0 saturated carbocycles. The summed E-state index contributed by atoms with van der Waals surface area (Å²) in [7, 11) is 0. The normalized spacial score (nSPS) is 24.4. The summed E-state index contributed by atoms with van der Waals surface area (Å²) in [5, 5.41) is 21.1. The standard InChI is InChI=1S/C23H36N4O6/c1-17(2)6-13-33-21-15-27(18(3)28)11-10-26(23(31)19-14-24-7-8-25-19)9-4-5-12-32-16-20(29)22(21)30/h4-5,7-8,14,17,20-22,29-30H,6,9-13,15-16H2,1-3H3/b5-4+/t20-,21-,22-/m1/s1. The number of rotatable bonds is 5. The van der Waals surface area contributed by atoms with Crippen molar-refractivity contribution in [1.29, 1.82) is 0 Å². The van der Waals surface area contributed by atoms with Gasteiger partial charge in [0.05, 0.1) is 19.4 Å². The van der Waals surface area contributed by atoms with Crippen LogP contribution in [-0.2, 0) is 14.3 Å². The van der Waals surface area contributed by atoms with Crippen LogP contribution in [0.3, 0.4) is 0 Å². The summed E-state index contributed by atoms with van der Waals surface area (Å²) in [6.45, 7) is 6.93. The van der Waals surface area contributed by atoms with Gasteiger partial charge in [-0.2, -0.15) is 0 Å². The van der Waals surface area contributed by atoms with Crippen LogP contribution in [0.1, 0.15) is 37.7 Å². The zero-order valence-corrected chi connectivity index (χ0v) is 19.7. The van der Waals surface area contributed by atoms with E-state index in [1.165, 1.54) is 30.4 Å². The first-order valence-corrected chi connectivity index (χ1v) is 11.3. The number of hydrogen-bond acceptors (Lipinski definition) is 8. The molecular formula is C23H36N4O6. The van der Waals surface area contributed by atoms with E-state index in [9.17, 15) is 19.8 Å². The van der Waals surface area contributed by atoms with E-state index in [1.807, 2.05) is 0 Å². The molecule has 0 unspecified atom stereocenters. The summed E-state index contributed by atoms with van der Waals surface area (Å²) in [5.74, 6) is -0.116. The Morgan fingerprint density at radius 3 is 2.64 bits per heavy atom. The van der Waals surface area contributed by atoms with Crippen molar-refractivity contribution in [3.05, 3.63) is 36.4 Å². The Morgan fingerprint density at radius 2 is 1.97 bits per heavy atom. The second kappa shape index (κ2) is 14.0. The van der Waals surface area contributed by atoms with Crippen molar-refractivity contribution in [2.24, 2.45) is 5.92 Å². The number of amides is 2. The molecule has 0 bridgehead atoms. The summed E-state index contributed by atoms with van der Waals surface area (Å²) >= 11 is 0. The largest absolute Gasteiger partial charge is 0.388 e. The van der Waals surface area contributed by atoms with Gasteiger partial charge in [0.25, 0.3) is 5.91 Å². The van der Waals surface area contributed by atoms with Gasteiger partial charge in [0.1, 0.15) is 24.0 Å². The maximum absolute atomic E-state index is 12.9. The maximum Gasteiger partial charge on any atom is 0.274 e. The predicted molar refractivity (Wildman–Crippen MR) is 121 cm³/mol.